The van der Waals surface area contributed by atoms with Crippen molar-refractivity contribution in [2.24, 2.45) is 21.1 Å². The van der Waals surface area contributed by atoms with E-state index in [1.54, 1.807) is 31.2 Å². The van der Waals surface area contributed by atoms with E-state index in [2.05, 4.69) is 15.2 Å². The van der Waals surface area contributed by atoms with E-state index < -0.39 is 11.9 Å². The number of hydrogen-bond donors (Lipinski definition) is 1. The lowest BCUT2D eigenvalue weighted by atomic mass is 10.1. The standard InChI is InChI=1S/C11H10ClN5OS/c1-6-9(10(18)17(13)11(19)14-6)16-15-8-4-2-7(12)3-5-8/h2-5,9H,13H2,1H3/t9-/m0/s1. The first kappa shape index (κ1) is 13.7. The van der Waals surface area contributed by atoms with Gasteiger partial charge < -0.3 is 0 Å². The number of halogens is 1. The summed E-state index contributed by atoms with van der Waals surface area (Å²) in [7, 11) is 0. The molecule has 1 aliphatic heterocycles. The lowest BCUT2D eigenvalue weighted by molar-refractivity contribution is -0.127. The second-order valence-electron chi connectivity index (χ2n) is 3.84. The van der Waals surface area contributed by atoms with E-state index in [-0.39, 0.29) is 5.11 Å². The molecule has 1 amide bonds. The fraction of sp³-hybridized carbons (Fsp3) is 0.182. The Balaban J connectivity index is 2.22. The number of thiocarbonyl (C=S) groups is 1. The molecule has 0 unspecified atom stereocenters. The molecular formula is C11H10ClN5OS. The van der Waals surface area contributed by atoms with E-state index in [0.29, 0.717) is 16.4 Å². The van der Waals surface area contributed by atoms with Crippen LogP contribution in [0.5, 0.6) is 0 Å². The molecule has 1 aromatic rings. The highest BCUT2D eigenvalue weighted by molar-refractivity contribution is 7.80. The van der Waals surface area contributed by atoms with Crippen LogP contribution in [0.15, 0.2) is 39.5 Å². The van der Waals surface area contributed by atoms with E-state index in [1.165, 1.54) is 0 Å². The molecule has 0 aromatic heterocycles. The van der Waals surface area contributed by atoms with Crippen molar-refractivity contribution in [3.63, 3.8) is 0 Å². The maximum absolute atomic E-state index is 11.9. The topological polar surface area (TPSA) is 83.4 Å². The number of hydrazine groups is 1. The van der Waals surface area contributed by atoms with Crippen molar-refractivity contribution in [3.05, 3.63) is 29.3 Å². The van der Waals surface area contributed by atoms with Crippen LogP contribution in [0.3, 0.4) is 0 Å². The maximum Gasteiger partial charge on any atom is 0.275 e. The van der Waals surface area contributed by atoms with Gasteiger partial charge in [0.05, 0.1) is 11.4 Å². The van der Waals surface area contributed by atoms with Crippen LogP contribution in [0, 0.1) is 0 Å². The Labute approximate surface area is 119 Å². The van der Waals surface area contributed by atoms with Gasteiger partial charge in [-0.1, -0.05) is 11.6 Å². The lowest BCUT2D eigenvalue weighted by Gasteiger charge is -2.23. The number of hydrogen-bond acceptors (Lipinski definition) is 5. The first-order valence-corrected chi connectivity index (χ1v) is 6.12. The van der Waals surface area contributed by atoms with Gasteiger partial charge in [0.2, 0.25) is 5.11 Å². The zero-order chi connectivity index (χ0) is 14.0. The average molecular weight is 296 g/mol. The van der Waals surface area contributed by atoms with Crippen molar-refractivity contribution in [2.75, 3.05) is 0 Å². The van der Waals surface area contributed by atoms with Crippen LogP contribution in [0.2, 0.25) is 5.02 Å². The quantitative estimate of drug-likeness (QED) is 0.393. The van der Waals surface area contributed by atoms with Gasteiger partial charge in [-0.15, -0.1) is 0 Å². The van der Waals surface area contributed by atoms with E-state index in [0.717, 1.165) is 5.01 Å². The molecule has 0 fully saturated rings. The van der Waals surface area contributed by atoms with E-state index in [1.807, 2.05) is 0 Å². The van der Waals surface area contributed by atoms with Gasteiger partial charge in [0.1, 0.15) is 0 Å². The Bertz CT molecular complexity index is 583. The monoisotopic (exact) mass is 295 g/mol. The van der Waals surface area contributed by atoms with Gasteiger partial charge in [0, 0.05) is 5.02 Å². The zero-order valence-corrected chi connectivity index (χ0v) is 11.5. The number of carbonyl (C=O) groups is 1. The van der Waals surface area contributed by atoms with Gasteiger partial charge in [-0.3, -0.25) is 4.79 Å². The molecule has 0 aliphatic carbocycles. The molecule has 0 bridgehead atoms. The highest BCUT2D eigenvalue weighted by atomic mass is 35.5. The summed E-state index contributed by atoms with van der Waals surface area (Å²) in [6.45, 7) is 1.66. The molecule has 98 valence electrons. The Morgan fingerprint density at radius 3 is 2.68 bits per heavy atom. The van der Waals surface area contributed by atoms with Crippen LogP contribution in [0.4, 0.5) is 5.69 Å². The minimum Gasteiger partial charge on any atom is -0.270 e. The Hall–Kier alpha value is -1.70. The van der Waals surface area contributed by atoms with Crippen LogP contribution >= 0.6 is 23.8 Å². The molecule has 19 heavy (non-hydrogen) atoms. The van der Waals surface area contributed by atoms with Gasteiger partial charge in [-0.05, 0) is 43.4 Å². The maximum atomic E-state index is 11.9. The fourth-order valence-corrected chi connectivity index (χ4v) is 1.80. The number of aliphatic imine (C=N–C) groups is 1. The zero-order valence-electron chi connectivity index (χ0n) is 9.95. The summed E-state index contributed by atoms with van der Waals surface area (Å²) < 4.78 is 0. The summed E-state index contributed by atoms with van der Waals surface area (Å²) in [5.74, 6) is 5.03. The van der Waals surface area contributed by atoms with E-state index >= 15 is 0 Å². The predicted molar refractivity (Wildman–Crippen MR) is 76.5 cm³/mol. The van der Waals surface area contributed by atoms with Crippen LogP contribution in [0.25, 0.3) is 0 Å². The molecule has 0 saturated heterocycles. The van der Waals surface area contributed by atoms with E-state index in [9.17, 15) is 4.79 Å². The molecule has 1 atom stereocenters. The average Bonchev–Trinajstić information content (AvgIpc) is 2.38. The van der Waals surface area contributed by atoms with Gasteiger partial charge in [0.15, 0.2) is 6.04 Å². The van der Waals surface area contributed by atoms with Crippen molar-refractivity contribution >= 4 is 46.2 Å². The molecule has 8 heteroatoms. The summed E-state index contributed by atoms with van der Waals surface area (Å²) in [6, 6.07) is 5.91. The Morgan fingerprint density at radius 1 is 1.42 bits per heavy atom. The van der Waals surface area contributed by atoms with Crippen molar-refractivity contribution in [2.45, 2.75) is 13.0 Å². The third-order valence-electron chi connectivity index (χ3n) is 2.46. The summed E-state index contributed by atoms with van der Waals surface area (Å²) in [6.07, 6.45) is 0. The number of benzene rings is 1. The number of azo groups is 1. The first-order chi connectivity index (χ1) is 8.99. The molecule has 1 heterocycles. The number of amides is 1. The third kappa shape index (κ3) is 3.01. The molecule has 0 radical (unpaired) electrons. The molecule has 0 spiro atoms. The predicted octanol–water partition coefficient (Wildman–Crippen LogP) is 2.25. The van der Waals surface area contributed by atoms with E-state index in [4.69, 9.17) is 29.7 Å². The summed E-state index contributed by atoms with van der Waals surface area (Å²) in [4.78, 5) is 15.9. The number of rotatable bonds is 2. The van der Waals surface area contributed by atoms with Gasteiger partial charge in [0.25, 0.3) is 5.91 Å². The number of nitrogens with zero attached hydrogens (tertiary/aromatic N) is 4. The van der Waals surface area contributed by atoms with Crippen LogP contribution < -0.4 is 5.84 Å². The Kier molecular flexibility index (Phi) is 3.98. The summed E-state index contributed by atoms with van der Waals surface area (Å²) >= 11 is 10.6. The molecule has 2 rings (SSSR count). The van der Waals surface area contributed by atoms with Crippen LogP contribution in [0.1, 0.15) is 6.92 Å². The highest BCUT2D eigenvalue weighted by Crippen LogP contribution is 2.18. The second-order valence-corrected chi connectivity index (χ2v) is 4.64. The SMILES string of the molecule is CC1=NC(=S)N(N)C(=O)[C@H]1N=Nc1ccc(Cl)cc1. The molecule has 6 nitrogen and oxygen atoms in total. The third-order valence-corrected chi connectivity index (χ3v) is 3.00. The van der Waals surface area contributed by atoms with Crippen molar-refractivity contribution in [3.8, 4) is 0 Å². The summed E-state index contributed by atoms with van der Waals surface area (Å²) in [5.41, 5.74) is 1.05. The highest BCUT2D eigenvalue weighted by Gasteiger charge is 2.32. The fourth-order valence-electron chi connectivity index (χ4n) is 1.44. The van der Waals surface area contributed by atoms with Gasteiger partial charge in [-0.25, -0.2) is 15.8 Å². The van der Waals surface area contributed by atoms with Crippen molar-refractivity contribution in [1.82, 2.24) is 5.01 Å². The van der Waals surface area contributed by atoms with Crippen molar-refractivity contribution in [1.29, 1.82) is 0 Å². The lowest BCUT2D eigenvalue weighted by Crippen LogP contribution is -2.51. The first-order valence-electron chi connectivity index (χ1n) is 5.33. The van der Waals surface area contributed by atoms with Crippen LogP contribution in [-0.4, -0.2) is 27.8 Å². The largest absolute Gasteiger partial charge is 0.275 e. The second kappa shape index (κ2) is 5.52. The molecule has 1 aliphatic rings. The Morgan fingerprint density at radius 2 is 2.05 bits per heavy atom. The molecule has 2 N–H and O–H groups in total. The minimum atomic E-state index is -0.840. The van der Waals surface area contributed by atoms with Gasteiger partial charge in [-0.2, -0.15) is 10.2 Å². The van der Waals surface area contributed by atoms with Crippen LogP contribution in [-0.2, 0) is 4.79 Å². The minimum absolute atomic E-state index is 0.0282. The van der Waals surface area contributed by atoms with Crippen molar-refractivity contribution < 1.29 is 4.79 Å². The molecule has 1 aromatic carbocycles. The van der Waals surface area contributed by atoms with Gasteiger partial charge >= 0.3 is 0 Å². The molecule has 0 saturated carbocycles. The smallest absolute Gasteiger partial charge is 0.270 e. The number of carbonyl (C=O) groups excluding carboxylic acids is 1. The number of nitrogens with two attached hydrogens (primary N) is 1. The molecular weight excluding hydrogens is 286 g/mol. The normalized spacial score (nSPS) is 20.1. The summed E-state index contributed by atoms with van der Waals surface area (Å²) in [5, 5.41) is 9.35.